The van der Waals surface area contributed by atoms with Crippen molar-refractivity contribution in [2.24, 2.45) is 0 Å². The Morgan fingerprint density at radius 2 is 1.58 bits per heavy atom. The van der Waals surface area contributed by atoms with Crippen molar-refractivity contribution in [1.29, 1.82) is 15.9 Å². The van der Waals surface area contributed by atoms with Crippen molar-refractivity contribution in [1.82, 2.24) is 15.5 Å². The summed E-state index contributed by atoms with van der Waals surface area (Å²) in [5.74, 6) is 0. The van der Waals surface area contributed by atoms with Gasteiger partial charge in [-0.1, -0.05) is 0 Å². The van der Waals surface area contributed by atoms with E-state index in [9.17, 15) is 9.59 Å². The van der Waals surface area contributed by atoms with Gasteiger partial charge >= 0.3 is 18.1 Å². The number of ether oxygens (including phenoxy) is 1. The Hall–Kier alpha value is -2.81. The predicted molar refractivity (Wildman–Crippen MR) is 63.8 cm³/mol. The molecule has 9 nitrogen and oxygen atoms in total. The van der Waals surface area contributed by atoms with Crippen LogP contribution >= 0.6 is 0 Å². The average Bonchev–Trinajstić information content (AvgIpc) is 2.39. The Kier molecular flexibility index (Phi) is 7.88. The quantitative estimate of drug-likeness (QED) is 0.376. The minimum Gasteiger partial charge on any atom is -0.468 e. The SMILES string of the molecule is COC(=N)N(C(=O)NCCC#N)C(=O)NCCC#N. The lowest BCUT2D eigenvalue weighted by atomic mass is 10.4. The van der Waals surface area contributed by atoms with Gasteiger partial charge in [-0.3, -0.25) is 5.41 Å². The van der Waals surface area contributed by atoms with Crippen molar-refractivity contribution in [3.05, 3.63) is 0 Å². The van der Waals surface area contributed by atoms with Gasteiger partial charge in [0.15, 0.2) is 0 Å². The monoisotopic (exact) mass is 266 g/mol. The first-order chi connectivity index (χ1) is 9.08. The molecular weight excluding hydrogens is 252 g/mol. The van der Waals surface area contributed by atoms with Crippen LogP contribution in [0, 0.1) is 28.1 Å². The van der Waals surface area contributed by atoms with Crippen LogP contribution in [-0.2, 0) is 4.74 Å². The van der Waals surface area contributed by atoms with Gasteiger partial charge in [0.2, 0.25) is 0 Å². The first kappa shape index (κ1) is 16.2. The number of carbonyl (C=O) groups excluding carboxylic acids is 2. The highest BCUT2D eigenvalue weighted by atomic mass is 16.5. The molecule has 0 radical (unpaired) electrons. The van der Waals surface area contributed by atoms with Crippen LogP contribution in [0.1, 0.15) is 12.8 Å². The van der Waals surface area contributed by atoms with Gasteiger partial charge in [0.1, 0.15) is 0 Å². The third-order valence-corrected chi connectivity index (χ3v) is 1.83. The predicted octanol–water partition coefficient (Wildman–Crippen LogP) is 0.116. The molecule has 0 bridgehead atoms. The number of imide groups is 1. The summed E-state index contributed by atoms with van der Waals surface area (Å²) in [5.41, 5.74) is 0. The van der Waals surface area contributed by atoms with Gasteiger partial charge in [0.25, 0.3) is 0 Å². The molecule has 102 valence electrons. The molecular formula is C10H14N6O3. The number of amidine groups is 1. The van der Waals surface area contributed by atoms with E-state index in [2.05, 4.69) is 15.4 Å². The van der Waals surface area contributed by atoms with Gasteiger partial charge in [0, 0.05) is 13.1 Å². The van der Waals surface area contributed by atoms with E-state index in [0.29, 0.717) is 4.90 Å². The Labute approximate surface area is 110 Å². The van der Waals surface area contributed by atoms with Crippen molar-refractivity contribution in [2.45, 2.75) is 12.8 Å². The van der Waals surface area contributed by atoms with Crippen LogP contribution in [0.4, 0.5) is 9.59 Å². The fourth-order valence-corrected chi connectivity index (χ4v) is 0.977. The van der Waals surface area contributed by atoms with Gasteiger partial charge in [-0.25, -0.2) is 9.59 Å². The number of rotatable bonds is 4. The van der Waals surface area contributed by atoms with Gasteiger partial charge in [-0.15, -0.1) is 0 Å². The summed E-state index contributed by atoms with van der Waals surface area (Å²) in [6, 6.07) is 1.22. The molecule has 4 amide bonds. The lowest BCUT2D eigenvalue weighted by molar-refractivity contribution is 0.194. The van der Waals surface area contributed by atoms with Crippen LogP contribution in [0.3, 0.4) is 0 Å². The van der Waals surface area contributed by atoms with E-state index in [0.717, 1.165) is 7.11 Å². The summed E-state index contributed by atoms with van der Waals surface area (Å²) in [6.07, 6.45) is 0.159. The Bertz CT molecular complexity index is 390. The van der Waals surface area contributed by atoms with Crippen molar-refractivity contribution in [3.63, 3.8) is 0 Å². The molecule has 0 spiro atoms. The number of nitrogens with zero attached hydrogens (tertiary/aromatic N) is 3. The number of carbonyl (C=O) groups is 2. The fraction of sp³-hybridized carbons (Fsp3) is 0.500. The molecule has 0 aromatic carbocycles. The Morgan fingerprint density at radius 1 is 1.16 bits per heavy atom. The third kappa shape index (κ3) is 5.89. The molecule has 0 aromatic heterocycles. The van der Waals surface area contributed by atoms with Crippen LogP contribution in [0.2, 0.25) is 0 Å². The van der Waals surface area contributed by atoms with Crippen molar-refractivity contribution >= 4 is 18.1 Å². The molecule has 0 aliphatic rings. The highest BCUT2D eigenvalue weighted by Gasteiger charge is 2.26. The molecule has 0 rings (SSSR count). The number of methoxy groups -OCH3 is 1. The molecule has 0 aromatic rings. The molecule has 0 aliphatic carbocycles. The summed E-state index contributed by atoms with van der Waals surface area (Å²) in [7, 11) is 1.14. The van der Waals surface area contributed by atoms with Crippen LogP contribution in [0.5, 0.6) is 0 Å². The number of amides is 4. The summed E-state index contributed by atoms with van der Waals surface area (Å²) in [6.45, 7) is 0.0998. The number of nitrogens with one attached hydrogen (secondary N) is 3. The van der Waals surface area contributed by atoms with Crippen LogP contribution in [0.25, 0.3) is 0 Å². The molecule has 0 aliphatic heterocycles. The second-order valence-electron chi connectivity index (χ2n) is 3.12. The lowest BCUT2D eigenvalue weighted by Gasteiger charge is -2.20. The maximum absolute atomic E-state index is 11.7. The van der Waals surface area contributed by atoms with Crippen molar-refractivity contribution in [2.75, 3.05) is 20.2 Å². The minimum atomic E-state index is -0.878. The average molecular weight is 266 g/mol. The smallest absolute Gasteiger partial charge is 0.333 e. The summed E-state index contributed by atoms with van der Waals surface area (Å²) in [5, 5.41) is 28.6. The molecule has 19 heavy (non-hydrogen) atoms. The van der Waals surface area contributed by atoms with E-state index in [4.69, 9.17) is 15.9 Å². The van der Waals surface area contributed by atoms with E-state index in [1.807, 2.05) is 12.1 Å². The normalized spacial score (nSPS) is 8.58. The topological polar surface area (TPSA) is 142 Å². The number of nitriles is 2. The van der Waals surface area contributed by atoms with Crippen LogP contribution in [0.15, 0.2) is 0 Å². The number of hydrogen-bond donors (Lipinski definition) is 3. The summed E-state index contributed by atoms with van der Waals surface area (Å²) < 4.78 is 4.52. The first-order valence-electron chi connectivity index (χ1n) is 5.30. The molecule has 0 heterocycles. The molecule has 0 atom stereocenters. The molecule has 0 unspecified atom stereocenters. The molecule has 9 heteroatoms. The second kappa shape index (κ2) is 9.24. The molecule has 0 fully saturated rings. The maximum atomic E-state index is 11.7. The van der Waals surface area contributed by atoms with Crippen molar-refractivity contribution < 1.29 is 14.3 Å². The molecule has 3 N–H and O–H groups in total. The Balaban J connectivity index is 4.58. The second-order valence-corrected chi connectivity index (χ2v) is 3.12. The van der Waals surface area contributed by atoms with Gasteiger partial charge < -0.3 is 15.4 Å². The third-order valence-electron chi connectivity index (χ3n) is 1.83. The highest BCUT2D eigenvalue weighted by molar-refractivity contribution is 6.08. The van der Waals surface area contributed by atoms with E-state index >= 15 is 0 Å². The zero-order chi connectivity index (χ0) is 14.7. The fourth-order valence-electron chi connectivity index (χ4n) is 0.977. The lowest BCUT2D eigenvalue weighted by Crippen LogP contribution is -2.52. The summed E-state index contributed by atoms with van der Waals surface area (Å²) in [4.78, 5) is 23.7. The zero-order valence-electron chi connectivity index (χ0n) is 10.4. The van der Waals surface area contributed by atoms with Crippen LogP contribution in [-0.4, -0.2) is 43.2 Å². The standard InChI is InChI=1S/C10H14N6O3/c1-19-8(13)16(9(17)14-6-2-4-11)10(18)15-7-3-5-12/h13H,2-3,6-7H2,1H3,(H,14,17)(H,15,18). The largest absolute Gasteiger partial charge is 0.468 e. The van der Waals surface area contributed by atoms with Gasteiger partial charge in [-0.05, 0) is 0 Å². The van der Waals surface area contributed by atoms with E-state index in [1.165, 1.54) is 0 Å². The Morgan fingerprint density at radius 3 is 1.89 bits per heavy atom. The summed E-state index contributed by atoms with van der Waals surface area (Å²) >= 11 is 0. The van der Waals surface area contributed by atoms with Crippen LogP contribution < -0.4 is 10.6 Å². The van der Waals surface area contributed by atoms with E-state index in [-0.39, 0.29) is 25.9 Å². The number of hydrogen-bond acceptors (Lipinski definition) is 6. The zero-order valence-corrected chi connectivity index (χ0v) is 10.4. The molecule has 0 saturated carbocycles. The first-order valence-corrected chi connectivity index (χ1v) is 5.30. The van der Waals surface area contributed by atoms with E-state index < -0.39 is 18.1 Å². The number of urea groups is 2. The highest BCUT2D eigenvalue weighted by Crippen LogP contribution is 1.95. The van der Waals surface area contributed by atoms with Gasteiger partial charge in [0.05, 0.1) is 32.1 Å². The van der Waals surface area contributed by atoms with E-state index in [1.54, 1.807) is 0 Å². The van der Waals surface area contributed by atoms with Gasteiger partial charge in [-0.2, -0.15) is 15.4 Å². The maximum Gasteiger partial charge on any atom is 0.333 e. The van der Waals surface area contributed by atoms with Crippen molar-refractivity contribution in [3.8, 4) is 12.1 Å². The minimum absolute atomic E-state index is 0.0499. The molecule has 0 saturated heterocycles.